The second-order valence-electron chi connectivity index (χ2n) is 6.53. The fourth-order valence-electron chi connectivity index (χ4n) is 3.11. The largest absolute Gasteiger partial charge is 0.417 e. The molecule has 1 unspecified atom stereocenters. The predicted octanol–water partition coefficient (Wildman–Crippen LogP) is 4.91. The van der Waals surface area contributed by atoms with Crippen molar-refractivity contribution in [1.82, 2.24) is 10.3 Å². The molecule has 1 amide bonds. The number of alkyl halides is 3. The standard InChI is InChI=1S/C18H19ClF3N3OS/c1-11(15-3-2-8-27-15)24-17(26)12-4-6-25(7-5-12)16-14(19)9-13(10-23-16)18(20,21)22/h2-3,8-12H,4-7H2,1H3,(H,24,26). The van der Waals surface area contributed by atoms with Gasteiger partial charge in [-0.25, -0.2) is 4.98 Å². The van der Waals surface area contributed by atoms with Gasteiger partial charge in [-0.2, -0.15) is 13.2 Å². The van der Waals surface area contributed by atoms with Crippen LogP contribution in [0.3, 0.4) is 0 Å². The Bertz CT molecular complexity index is 790. The van der Waals surface area contributed by atoms with Crippen molar-refractivity contribution in [3.05, 3.63) is 45.2 Å². The van der Waals surface area contributed by atoms with Gasteiger partial charge in [-0.3, -0.25) is 4.79 Å². The summed E-state index contributed by atoms with van der Waals surface area (Å²) in [6.45, 7) is 2.98. The smallest absolute Gasteiger partial charge is 0.355 e. The van der Waals surface area contributed by atoms with Gasteiger partial charge in [-0.05, 0) is 37.3 Å². The summed E-state index contributed by atoms with van der Waals surface area (Å²) in [5, 5.41) is 4.97. The van der Waals surface area contributed by atoms with Gasteiger partial charge in [0.1, 0.15) is 5.82 Å². The average molecular weight is 418 g/mol. The van der Waals surface area contributed by atoms with Crippen LogP contribution in [-0.2, 0) is 11.0 Å². The van der Waals surface area contributed by atoms with E-state index in [0.717, 1.165) is 17.1 Å². The highest BCUT2D eigenvalue weighted by Gasteiger charge is 2.33. The van der Waals surface area contributed by atoms with Crippen molar-refractivity contribution >= 4 is 34.7 Å². The molecular weight excluding hydrogens is 399 g/mol. The van der Waals surface area contributed by atoms with Crippen LogP contribution in [-0.4, -0.2) is 24.0 Å². The van der Waals surface area contributed by atoms with Crippen molar-refractivity contribution in [2.24, 2.45) is 5.92 Å². The number of nitrogens with one attached hydrogen (secondary N) is 1. The Morgan fingerprint density at radius 3 is 2.67 bits per heavy atom. The van der Waals surface area contributed by atoms with Gasteiger partial charge in [-0.1, -0.05) is 17.7 Å². The third-order valence-electron chi connectivity index (χ3n) is 4.64. The number of aromatic nitrogens is 1. The second-order valence-corrected chi connectivity index (χ2v) is 7.92. The first-order chi connectivity index (χ1) is 12.8. The number of amides is 1. The lowest BCUT2D eigenvalue weighted by Crippen LogP contribution is -2.41. The minimum absolute atomic E-state index is 0.00188. The minimum atomic E-state index is -4.47. The Labute approximate surface area is 164 Å². The van der Waals surface area contributed by atoms with Crippen LogP contribution in [0, 0.1) is 5.92 Å². The molecule has 3 rings (SSSR count). The topological polar surface area (TPSA) is 45.2 Å². The zero-order valence-corrected chi connectivity index (χ0v) is 16.2. The van der Waals surface area contributed by atoms with Gasteiger partial charge in [0.25, 0.3) is 0 Å². The molecule has 0 aliphatic carbocycles. The maximum absolute atomic E-state index is 12.7. The summed E-state index contributed by atoms with van der Waals surface area (Å²) in [4.78, 5) is 19.3. The van der Waals surface area contributed by atoms with Crippen molar-refractivity contribution in [3.63, 3.8) is 0 Å². The molecule has 0 bridgehead atoms. The zero-order chi connectivity index (χ0) is 19.6. The van der Waals surface area contributed by atoms with E-state index >= 15 is 0 Å². The lowest BCUT2D eigenvalue weighted by Gasteiger charge is -2.33. The first kappa shape index (κ1) is 19.9. The molecular formula is C18H19ClF3N3OS. The van der Waals surface area contributed by atoms with Gasteiger partial charge >= 0.3 is 6.18 Å². The van der Waals surface area contributed by atoms with Gasteiger partial charge < -0.3 is 10.2 Å². The second kappa shape index (κ2) is 8.06. The monoisotopic (exact) mass is 417 g/mol. The van der Waals surface area contributed by atoms with Gasteiger partial charge in [0.2, 0.25) is 5.91 Å². The quantitative estimate of drug-likeness (QED) is 0.768. The first-order valence-corrected chi connectivity index (χ1v) is 9.83. The summed E-state index contributed by atoms with van der Waals surface area (Å²) in [6, 6.07) is 4.78. The lowest BCUT2D eigenvalue weighted by atomic mass is 9.95. The Kier molecular flexibility index (Phi) is 5.95. The van der Waals surface area contributed by atoms with Crippen molar-refractivity contribution in [3.8, 4) is 0 Å². The number of pyridine rings is 1. The third-order valence-corrected chi connectivity index (χ3v) is 5.98. The summed E-state index contributed by atoms with van der Waals surface area (Å²) in [7, 11) is 0. The van der Waals surface area contributed by atoms with Crippen molar-refractivity contribution in [2.45, 2.75) is 32.0 Å². The molecule has 27 heavy (non-hydrogen) atoms. The van der Waals surface area contributed by atoms with Crippen LogP contribution in [0.5, 0.6) is 0 Å². The predicted molar refractivity (Wildman–Crippen MR) is 100 cm³/mol. The maximum atomic E-state index is 12.7. The van der Waals surface area contributed by atoms with E-state index in [1.807, 2.05) is 29.3 Å². The van der Waals surface area contributed by atoms with Gasteiger partial charge in [0.05, 0.1) is 16.6 Å². The number of halogens is 4. The van der Waals surface area contributed by atoms with E-state index in [1.165, 1.54) is 0 Å². The molecule has 4 nitrogen and oxygen atoms in total. The molecule has 0 radical (unpaired) electrons. The molecule has 1 saturated heterocycles. The Morgan fingerprint density at radius 1 is 1.41 bits per heavy atom. The van der Waals surface area contributed by atoms with E-state index in [4.69, 9.17) is 11.6 Å². The molecule has 1 fully saturated rings. The highest BCUT2D eigenvalue weighted by molar-refractivity contribution is 7.10. The summed E-state index contributed by atoms with van der Waals surface area (Å²) in [5.41, 5.74) is -0.868. The van der Waals surface area contributed by atoms with E-state index in [2.05, 4.69) is 10.3 Å². The lowest BCUT2D eigenvalue weighted by molar-refractivity contribution is -0.137. The van der Waals surface area contributed by atoms with E-state index in [0.29, 0.717) is 31.7 Å². The summed E-state index contributed by atoms with van der Waals surface area (Å²) >= 11 is 7.61. The molecule has 1 aliphatic rings. The number of carbonyl (C=O) groups excluding carboxylic acids is 1. The van der Waals surface area contributed by atoms with Crippen molar-refractivity contribution in [2.75, 3.05) is 18.0 Å². The number of anilines is 1. The summed E-state index contributed by atoms with van der Waals surface area (Å²) in [5.74, 6) is 0.203. The van der Waals surface area contributed by atoms with Crippen LogP contribution in [0.15, 0.2) is 29.8 Å². The number of thiophene rings is 1. The van der Waals surface area contributed by atoms with E-state index in [1.54, 1.807) is 11.3 Å². The van der Waals surface area contributed by atoms with Crippen LogP contribution < -0.4 is 10.2 Å². The van der Waals surface area contributed by atoms with Gasteiger partial charge in [0, 0.05) is 30.1 Å². The molecule has 1 atom stereocenters. The number of hydrogen-bond donors (Lipinski definition) is 1. The fourth-order valence-corrected chi connectivity index (χ4v) is 4.13. The molecule has 9 heteroatoms. The molecule has 0 aromatic carbocycles. The van der Waals surface area contributed by atoms with Crippen LogP contribution in [0.2, 0.25) is 5.02 Å². The Morgan fingerprint density at radius 2 is 2.11 bits per heavy atom. The number of piperidine rings is 1. The van der Waals surface area contributed by atoms with Gasteiger partial charge in [0.15, 0.2) is 0 Å². The van der Waals surface area contributed by atoms with Crippen molar-refractivity contribution in [1.29, 1.82) is 0 Å². The number of nitrogens with zero attached hydrogens (tertiary/aromatic N) is 2. The third kappa shape index (κ3) is 4.73. The highest BCUT2D eigenvalue weighted by Crippen LogP contribution is 2.34. The fraction of sp³-hybridized carbons (Fsp3) is 0.444. The zero-order valence-electron chi connectivity index (χ0n) is 14.6. The van der Waals surface area contributed by atoms with E-state index < -0.39 is 11.7 Å². The van der Waals surface area contributed by atoms with Gasteiger partial charge in [-0.15, -0.1) is 11.3 Å². The molecule has 0 spiro atoms. The molecule has 2 aromatic heterocycles. The Balaban J connectivity index is 1.58. The molecule has 2 aromatic rings. The molecule has 1 aliphatic heterocycles. The van der Waals surface area contributed by atoms with E-state index in [9.17, 15) is 18.0 Å². The number of carbonyl (C=O) groups is 1. The average Bonchev–Trinajstić information content (AvgIpc) is 3.16. The normalized spacial score (nSPS) is 17.0. The SMILES string of the molecule is CC(NC(=O)C1CCN(c2ncc(C(F)(F)F)cc2Cl)CC1)c1cccs1. The number of rotatable bonds is 4. The molecule has 3 heterocycles. The molecule has 146 valence electrons. The van der Waals surface area contributed by atoms with E-state index in [-0.39, 0.29) is 22.9 Å². The molecule has 0 saturated carbocycles. The van der Waals surface area contributed by atoms with Crippen molar-refractivity contribution < 1.29 is 18.0 Å². The summed E-state index contributed by atoms with van der Waals surface area (Å²) < 4.78 is 38.2. The van der Waals surface area contributed by atoms with Crippen LogP contribution in [0.25, 0.3) is 0 Å². The first-order valence-electron chi connectivity index (χ1n) is 8.57. The van der Waals surface area contributed by atoms with Crippen LogP contribution in [0.4, 0.5) is 19.0 Å². The summed E-state index contributed by atoms with van der Waals surface area (Å²) in [6.07, 6.45) is -2.48. The Hall–Kier alpha value is -1.80. The highest BCUT2D eigenvalue weighted by atomic mass is 35.5. The van der Waals surface area contributed by atoms with Crippen LogP contribution >= 0.6 is 22.9 Å². The minimum Gasteiger partial charge on any atom is -0.355 e. The molecule has 1 N–H and O–H groups in total. The van der Waals surface area contributed by atoms with Crippen LogP contribution in [0.1, 0.15) is 36.2 Å². The maximum Gasteiger partial charge on any atom is 0.417 e. The number of hydrogen-bond acceptors (Lipinski definition) is 4.